The van der Waals surface area contributed by atoms with Gasteiger partial charge in [0.15, 0.2) is 5.43 Å². The van der Waals surface area contributed by atoms with E-state index < -0.39 is 0 Å². The molecule has 0 atom stereocenters. The summed E-state index contributed by atoms with van der Waals surface area (Å²) in [7, 11) is 0. The zero-order valence-electron chi connectivity index (χ0n) is 7.88. The topological polar surface area (TPSA) is 43.1 Å². The number of anilines is 1. The summed E-state index contributed by atoms with van der Waals surface area (Å²) < 4.78 is 0. The van der Waals surface area contributed by atoms with Crippen molar-refractivity contribution in [2.24, 2.45) is 0 Å². The van der Waals surface area contributed by atoms with Crippen molar-refractivity contribution in [3.05, 3.63) is 27.2 Å². The van der Waals surface area contributed by atoms with Crippen LogP contribution in [0, 0.1) is 0 Å². The Balaban J connectivity index is 2.61. The van der Waals surface area contributed by atoms with Crippen molar-refractivity contribution in [3.63, 3.8) is 0 Å². The van der Waals surface area contributed by atoms with E-state index in [-0.39, 0.29) is 5.43 Å². The fourth-order valence-electron chi connectivity index (χ4n) is 1.22. The molecule has 0 spiro atoms. The molecule has 2 nitrogen and oxygen atoms in total. The quantitative estimate of drug-likeness (QED) is 0.753. The highest BCUT2D eigenvalue weighted by atomic mass is 32.1. The van der Waals surface area contributed by atoms with E-state index in [4.69, 9.17) is 5.73 Å². The largest absolute Gasteiger partial charge is 0.390 e. The average Bonchev–Trinajstić information content (AvgIpc) is 2.03. The first-order valence-corrected chi connectivity index (χ1v) is 5.43. The number of aryl methyl sites for hydroxylation is 1. The molecule has 0 aliphatic rings. The smallest absolute Gasteiger partial charge is 0.182 e. The van der Waals surface area contributed by atoms with Crippen molar-refractivity contribution < 1.29 is 0 Å². The fraction of sp³-hybridized carbons (Fsp3) is 0.500. The van der Waals surface area contributed by atoms with Gasteiger partial charge in [0.2, 0.25) is 0 Å². The predicted octanol–water partition coefficient (Wildman–Crippen LogP) is 2.42. The number of rotatable bonds is 4. The normalized spacial score (nSPS) is 10.2. The van der Waals surface area contributed by atoms with Gasteiger partial charge in [0.1, 0.15) is 0 Å². The molecule has 1 aromatic heterocycles. The van der Waals surface area contributed by atoms with Gasteiger partial charge in [-0.05, 0) is 18.9 Å². The molecule has 0 saturated carbocycles. The predicted molar refractivity (Wildman–Crippen MR) is 58.2 cm³/mol. The van der Waals surface area contributed by atoms with Crippen LogP contribution in [0.4, 0.5) is 5.00 Å². The molecule has 0 unspecified atom stereocenters. The Kier molecular flexibility index (Phi) is 3.96. The van der Waals surface area contributed by atoms with Gasteiger partial charge in [0, 0.05) is 10.9 Å². The van der Waals surface area contributed by atoms with E-state index in [0.717, 1.165) is 17.7 Å². The molecule has 0 fully saturated rings. The number of nitrogen functional groups attached to an aromatic ring is 1. The third-order valence-corrected chi connectivity index (χ3v) is 2.80. The number of nitrogens with two attached hydrogens (primary N) is 1. The number of hydrogen-bond donors (Lipinski definition) is 1. The summed E-state index contributed by atoms with van der Waals surface area (Å²) in [5.41, 5.74) is 5.61. The molecule has 0 aromatic carbocycles. The lowest BCUT2D eigenvalue weighted by Crippen LogP contribution is -2.00. The molecule has 0 radical (unpaired) electrons. The summed E-state index contributed by atoms with van der Waals surface area (Å²) in [5, 5.41) is 0.624. The molecular formula is C10H15NOS. The Labute approximate surface area is 82.4 Å². The van der Waals surface area contributed by atoms with Gasteiger partial charge in [-0.1, -0.05) is 19.8 Å². The van der Waals surface area contributed by atoms with Gasteiger partial charge in [-0.25, -0.2) is 0 Å². The second-order valence-corrected chi connectivity index (χ2v) is 4.32. The molecule has 0 saturated heterocycles. The van der Waals surface area contributed by atoms with Gasteiger partial charge in [-0.2, -0.15) is 0 Å². The van der Waals surface area contributed by atoms with E-state index in [2.05, 4.69) is 6.92 Å². The van der Waals surface area contributed by atoms with Gasteiger partial charge < -0.3 is 5.73 Å². The van der Waals surface area contributed by atoms with Crippen LogP contribution in [0.2, 0.25) is 0 Å². The van der Waals surface area contributed by atoms with Crippen molar-refractivity contribution in [2.75, 3.05) is 5.73 Å². The maximum Gasteiger partial charge on any atom is 0.182 e. The van der Waals surface area contributed by atoms with E-state index in [1.54, 1.807) is 6.07 Å². The van der Waals surface area contributed by atoms with E-state index in [0.29, 0.717) is 5.00 Å². The number of unbranched alkanes of at least 4 members (excludes halogenated alkanes) is 2. The van der Waals surface area contributed by atoms with E-state index in [1.165, 1.54) is 30.2 Å². The van der Waals surface area contributed by atoms with Gasteiger partial charge in [0.25, 0.3) is 0 Å². The summed E-state index contributed by atoms with van der Waals surface area (Å²) in [5.74, 6) is 0. The van der Waals surface area contributed by atoms with Crippen molar-refractivity contribution in [1.29, 1.82) is 0 Å². The van der Waals surface area contributed by atoms with Crippen molar-refractivity contribution in [1.82, 2.24) is 0 Å². The lowest BCUT2D eigenvalue weighted by atomic mass is 10.2. The molecule has 1 aromatic rings. The fourth-order valence-corrected chi connectivity index (χ4v) is 2.12. The highest BCUT2D eigenvalue weighted by molar-refractivity contribution is 7.15. The van der Waals surface area contributed by atoms with Gasteiger partial charge in [-0.15, -0.1) is 11.3 Å². The van der Waals surface area contributed by atoms with Crippen LogP contribution < -0.4 is 11.2 Å². The van der Waals surface area contributed by atoms with E-state index >= 15 is 0 Å². The second-order valence-electron chi connectivity index (χ2n) is 3.12. The van der Waals surface area contributed by atoms with Crippen molar-refractivity contribution in [3.8, 4) is 0 Å². The highest BCUT2D eigenvalue weighted by Crippen LogP contribution is 2.15. The first-order chi connectivity index (χ1) is 6.22. The standard InChI is InChI=1S/C10H15NOS/c1-2-3-4-5-9-6-8(12)7-10(11)13-9/h6-7H,2-5,11H2,1H3. The Morgan fingerprint density at radius 3 is 2.77 bits per heavy atom. The average molecular weight is 197 g/mol. The van der Waals surface area contributed by atoms with Crippen LogP contribution in [-0.2, 0) is 6.42 Å². The maximum absolute atomic E-state index is 11.1. The second kappa shape index (κ2) is 5.02. The van der Waals surface area contributed by atoms with E-state index in [9.17, 15) is 4.79 Å². The Hall–Kier alpha value is -0.830. The summed E-state index contributed by atoms with van der Waals surface area (Å²) in [6.45, 7) is 2.17. The van der Waals surface area contributed by atoms with Crippen molar-refractivity contribution >= 4 is 16.3 Å². The minimum atomic E-state index is 0.0303. The molecule has 1 rings (SSSR count). The molecule has 1 heterocycles. The molecule has 0 bridgehead atoms. The first kappa shape index (κ1) is 10.3. The molecule has 2 N–H and O–H groups in total. The molecule has 13 heavy (non-hydrogen) atoms. The van der Waals surface area contributed by atoms with E-state index in [1.807, 2.05) is 0 Å². The van der Waals surface area contributed by atoms with Gasteiger partial charge in [0.05, 0.1) is 5.00 Å². The first-order valence-electron chi connectivity index (χ1n) is 4.62. The molecule has 0 aliphatic carbocycles. The third kappa shape index (κ3) is 3.59. The zero-order valence-corrected chi connectivity index (χ0v) is 8.69. The molecule has 3 heteroatoms. The molecule has 0 aliphatic heterocycles. The lowest BCUT2D eigenvalue weighted by Gasteiger charge is -1.99. The van der Waals surface area contributed by atoms with Crippen LogP contribution in [0.15, 0.2) is 16.9 Å². The van der Waals surface area contributed by atoms with Crippen LogP contribution in [0.1, 0.15) is 31.1 Å². The van der Waals surface area contributed by atoms with Crippen molar-refractivity contribution in [2.45, 2.75) is 32.6 Å². The Bertz CT molecular complexity index is 319. The van der Waals surface area contributed by atoms with Gasteiger partial charge in [-0.3, -0.25) is 4.79 Å². The monoisotopic (exact) mass is 197 g/mol. The summed E-state index contributed by atoms with van der Waals surface area (Å²) >= 11 is 1.52. The minimum absolute atomic E-state index is 0.0303. The lowest BCUT2D eigenvalue weighted by molar-refractivity contribution is 0.722. The Morgan fingerprint density at radius 2 is 2.15 bits per heavy atom. The molecule has 0 amide bonds. The van der Waals surface area contributed by atoms with Crippen LogP contribution in [-0.4, -0.2) is 0 Å². The molecular weight excluding hydrogens is 182 g/mol. The number of hydrogen-bond acceptors (Lipinski definition) is 3. The third-order valence-electron chi connectivity index (χ3n) is 1.86. The SMILES string of the molecule is CCCCCc1cc(=O)cc(N)s1. The zero-order chi connectivity index (χ0) is 9.68. The minimum Gasteiger partial charge on any atom is -0.390 e. The van der Waals surface area contributed by atoms with Crippen LogP contribution in [0.3, 0.4) is 0 Å². The van der Waals surface area contributed by atoms with Crippen LogP contribution >= 0.6 is 11.3 Å². The summed E-state index contributed by atoms with van der Waals surface area (Å²) in [6.07, 6.45) is 4.56. The van der Waals surface area contributed by atoms with Gasteiger partial charge >= 0.3 is 0 Å². The summed E-state index contributed by atoms with van der Waals surface area (Å²) in [6, 6.07) is 3.17. The summed E-state index contributed by atoms with van der Waals surface area (Å²) in [4.78, 5) is 12.2. The highest BCUT2D eigenvalue weighted by Gasteiger charge is 1.97. The maximum atomic E-state index is 11.1. The van der Waals surface area contributed by atoms with Crippen LogP contribution in [0.25, 0.3) is 0 Å². The van der Waals surface area contributed by atoms with Crippen LogP contribution in [0.5, 0.6) is 0 Å². The molecule has 72 valence electrons. The Morgan fingerprint density at radius 1 is 1.38 bits per heavy atom.